The van der Waals surface area contributed by atoms with Gasteiger partial charge in [0.25, 0.3) is 0 Å². The van der Waals surface area contributed by atoms with Crippen molar-refractivity contribution in [3.8, 4) is 0 Å². The fourth-order valence-corrected chi connectivity index (χ4v) is 4.23. The Bertz CT molecular complexity index is 835. The summed E-state index contributed by atoms with van der Waals surface area (Å²) in [6, 6.07) is 7.90. The first-order valence-corrected chi connectivity index (χ1v) is 11.5. The van der Waals surface area contributed by atoms with Crippen LogP contribution in [-0.2, 0) is 29.1 Å². The molecule has 0 aliphatic carbocycles. The van der Waals surface area contributed by atoms with Gasteiger partial charge in [-0.3, -0.25) is 14.4 Å². The minimum Gasteiger partial charge on any atom is -0.466 e. The van der Waals surface area contributed by atoms with Gasteiger partial charge in [0.15, 0.2) is 0 Å². The summed E-state index contributed by atoms with van der Waals surface area (Å²) in [6.45, 7) is 2.85. The molecule has 1 heterocycles. The highest BCUT2D eigenvalue weighted by atomic mass is 32.2. The molecule has 0 unspecified atom stereocenters. The maximum Gasteiger partial charge on any atom is 0.309 e. The standard InChI is InChI=1S/C20H29N3O6S/c1-3-29-20(26)16-10-13-23(14-11-16)19(25)15-22(2)18(24)9-12-21-30(27,28)17-7-5-4-6-8-17/h4-8,16,21H,3,9-15H2,1-2H3. The maximum absolute atomic E-state index is 12.4. The van der Waals surface area contributed by atoms with Gasteiger partial charge in [0.05, 0.1) is 24.0 Å². The van der Waals surface area contributed by atoms with E-state index in [0.29, 0.717) is 32.5 Å². The lowest BCUT2D eigenvalue weighted by Gasteiger charge is -2.32. The minimum atomic E-state index is -3.67. The zero-order valence-electron chi connectivity index (χ0n) is 17.4. The Morgan fingerprint density at radius 2 is 1.80 bits per heavy atom. The van der Waals surface area contributed by atoms with Crippen LogP contribution in [0.3, 0.4) is 0 Å². The molecule has 9 nitrogen and oxygen atoms in total. The third kappa shape index (κ3) is 6.81. The lowest BCUT2D eigenvalue weighted by atomic mass is 9.97. The molecule has 1 N–H and O–H groups in total. The number of likely N-dealkylation sites (tertiary alicyclic amines) is 1. The second kappa shape index (κ2) is 11.1. The van der Waals surface area contributed by atoms with Gasteiger partial charge in [0.2, 0.25) is 21.8 Å². The van der Waals surface area contributed by atoms with Crippen molar-refractivity contribution in [2.75, 3.05) is 39.8 Å². The summed E-state index contributed by atoms with van der Waals surface area (Å²) in [4.78, 5) is 39.5. The van der Waals surface area contributed by atoms with E-state index in [1.165, 1.54) is 24.1 Å². The molecule has 10 heteroatoms. The number of esters is 1. The molecular formula is C20H29N3O6S. The van der Waals surface area contributed by atoms with E-state index in [2.05, 4.69) is 4.72 Å². The summed E-state index contributed by atoms with van der Waals surface area (Å²) < 4.78 is 31.7. The van der Waals surface area contributed by atoms with Crippen LogP contribution in [0.5, 0.6) is 0 Å². The zero-order chi connectivity index (χ0) is 22.1. The van der Waals surface area contributed by atoms with Crippen molar-refractivity contribution in [2.24, 2.45) is 5.92 Å². The first-order chi connectivity index (χ1) is 14.2. The van der Waals surface area contributed by atoms with Gasteiger partial charge in [-0.1, -0.05) is 18.2 Å². The van der Waals surface area contributed by atoms with Gasteiger partial charge >= 0.3 is 5.97 Å². The number of likely N-dealkylation sites (N-methyl/N-ethyl adjacent to an activating group) is 1. The van der Waals surface area contributed by atoms with Crippen LogP contribution in [0.25, 0.3) is 0 Å². The number of ether oxygens (including phenoxy) is 1. The van der Waals surface area contributed by atoms with E-state index in [4.69, 9.17) is 4.74 Å². The first-order valence-electron chi connectivity index (χ1n) is 9.97. The number of sulfonamides is 1. The molecule has 166 valence electrons. The Kier molecular flexibility index (Phi) is 8.79. The number of carbonyl (C=O) groups excluding carboxylic acids is 3. The quantitative estimate of drug-likeness (QED) is 0.564. The van der Waals surface area contributed by atoms with Gasteiger partial charge in [0, 0.05) is 33.1 Å². The van der Waals surface area contributed by atoms with Crippen LogP contribution in [0, 0.1) is 5.92 Å². The molecule has 0 atom stereocenters. The Morgan fingerprint density at radius 3 is 2.40 bits per heavy atom. The number of amides is 2. The summed E-state index contributed by atoms with van der Waals surface area (Å²) in [6.07, 6.45) is 1.04. The Balaban J connectivity index is 1.74. The average molecular weight is 440 g/mol. The number of piperidine rings is 1. The molecule has 1 saturated heterocycles. The van der Waals surface area contributed by atoms with Crippen molar-refractivity contribution in [1.29, 1.82) is 0 Å². The van der Waals surface area contributed by atoms with Gasteiger partial charge in [-0.05, 0) is 31.9 Å². The zero-order valence-corrected chi connectivity index (χ0v) is 18.2. The smallest absolute Gasteiger partial charge is 0.309 e. The number of nitrogens with one attached hydrogen (secondary N) is 1. The second-order valence-corrected chi connectivity index (χ2v) is 8.88. The van der Waals surface area contributed by atoms with E-state index < -0.39 is 10.0 Å². The van der Waals surface area contributed by atoms with Crippen molar-refractivity contribution >= 4 is 27.8 Å². The Morgan fingerprint density at radius 1 is 1.17 bits per heavy atom. The molecule has 0 spiro atoms. The summed E-state index contributed by atoms with van der Waals surface area (Å²) in [7, 11) is -2.16. The Labute approximate surface area is 177 Å². The Hall–Kier alpha value is -2.46. The highest BCUT2D eigenvalue weighted by Gasteiger charge is 2.29. The fraction of sp³-hybridized carbons (Fsp3) is 0.550. The lowest BCUT2D eigenvalue weighted by Crippen LogP contribution is -2.46. The van der Waals surface area contributed by atoms with Gasteiger partial charge in [-0.2, -0.15) is 0 Å². The van der Waals surface area contributed by atoms with E-state index >= 15 is 0 Å². The second-order valence-electron chi connectivity index (χ2n) is 7.12. The number of rotatable bonds is 9. The monoisotopic (exact) mass is 439 g/mol. The van der Waals surface area contributed by atoms with E-state index in [9.17, 15) is 22.8 Å². The SMILES string of the molecule is CCOC(=O)C1CCN(C(=O)CN(C)C(=O)CCNS(=O)(=O)c2ccccc2)CC1. The number of hydrogen-bond acceptors (Lipinski definition) is 6. The molecule has 2 amide bonds. The topological polar surface area (TPSA) is 113 Å². The summed E-state index contributed by atoms with van der Waals surface area (Å²) >= 11 is 0. The molecule has 0 bridgehead atoms. The minimum absolute atomic E-state index is 0.0548. The van der Waals surface area contributed by atoms with Crippen LogP contribution in [0.15, 0.2) is 35.2 Å². The average Bonchev–Trinajstić information content (AvgIpc) is 2.74. The van der Waals surface area contributed by atoms with Crippen LogP contribution in [0.1, 0.15) is 26.2 Å². The van der Waals surface area contributed by atoms with Gasteiger partial charge in [-0.15, -0.1) is 0 Å². The molecule has 0 aromatic heterocycles. The molecule has 2 rings (SSSR count). The third-order valence-corrected chi connectivity index (χ3v) is 6.43. The molecule has 1 fully saturated rings. The number of benzene rings is 1. The normalized spacial score (nSPS) is 14.9. The first kappa shape index (κ1) is 23.8. The van der Waals surface area contributed by atoms with E-state index in [0.717, 1.165) is 0 Å². The highest BCUT2D eigenvalue weighted by molar-refractivity contribution is 7.89. The molecule has 30 heavy (non-hydrogen) atoms. The van der Waals surface area contributed by atoms with Crippen molar-refractivity contribution < 1.29 is 27.5 Å². The number of hydrogen-bond donors (Lipinski definition) is 1. The van der Waals surface area contributed by atoms with Crippen LogP contribution in [0.4, 0.5) is 0 Å². The number of nitrogens with zero attached hydrogens (tertiary/aromatic N) is 2. The number of carbonyl (C=O) groups is 3. The molecule has 0 radical (unpaired) electrons. The van der Waals surface area contributed by atoms with Crippen LogP contribution >= 0.6 is 0 Å². The molecule has 1 aliphatic rings. The predicted molar refractivity (Wildman–Crippen MR) is 110 cm³/mol. The van der Waals surface area contributed by atoms with Gasteiger partial charge in [0.1, 0.15) is 0 Å². The predicted octanol–water partition coefficient (Wildman–Crippen LogP) is 0.615. The fourth-order valence-electron chi connectivity index (χ4n) is 3.18. The van der Waals surface area contributed by atoms with Gasteiger partial charge < -0.3 is 14.5 Å². The summed E-state index contributed by atoms with van der Waals surface area (Å²) in [5, 5.41) is 0. The van der Waals surface area contributed by atoms with Gasteiger partial charge in [-0.25, -0.2) is 13.1 Å². The largest absolute Gasteiger partial charge is 0.466 e. The third-order valence-electron chi connectivity index (χ3n) is 4.95. The molecule has 1 aromatic rings. The van der Waals surface area contributed by atoms with Crippen molar-refractivity contribution in [2.45, 2.75) is 31.1 Å². The molecule has 0 saturated carbocycles. The van der Waals surface area contributed by atoms with E-state index in [1.54, 1.807) is 30.0 Å². The maximum atomic E-state index is 12.4. The summed E-state index contributed by atoms with van der Waals surface area (Å²) in [5.41, 5.74) is 0. The van der Waals surface area contributed by atoms with Crippen molar-refractivity contribution in [1.82, 2.24) is 14.5 Å². The van der Waals surface area contributed by atoms with Crippen LogP contribution < -0.4 is 4.72 Å². The van der Waals surface area contributed by atoms with Crippen molar-refractivity contribution in [3.05, 3.63) is 30.3 Å². The van der Waals surface area contributed by atoms with Crippen LogP contribution in [-0.4, -0.2) is 75.8 Å². The van der Waals surface area contributed by atoms with Crippen LogP contribution in [0.2, 0.25) is 0 Å². The highest BCUT2D eigenvalue weighted by Crippen LogP contribution is 2.19. The van der Waals surface area contributed by atoms with E-state index in [1.807, 2.05) is 0 Å². The molecule has 1 aromatic carbocycles. The van der Waals surface area contributed by atoms with Crippen molar-refractivity contribution in [3.63, 3.8) is 0 Å². The summed E-state index contributed by atoms with van der Waals surface area (Å²) in [5.74, 6) is -0.945. The van der Waals surface area contributed by atoms with E-state index in [-0.39, 0.29) is 48.1 Å². The lowest BCUT2D eigenvalue weighted by molar-refractivity contribution is -0.151. The molecule has 1 aliphatic heterocycles. The molecular weight excluding hydrogens is 410 g/mol.